The van der Waals surface area contributed by atoms with Gasteiger partial charge < -0.3 is 20.5 Å². The summed E-state index contributed by atoms with van der Waals surface area (Å²) in [6, 6.07) is 1.93. The van der Waals surface area contributed by atoms with Crippen LogP contribution in [0.4, 0.5) is 5.82 Å². The van der Waals surface area contributed by atoms with Crippen molar-refractivity contribution in [2.75, 3.05) is 32.2 Å². The van der Waals surface area contributed by atoms with E-state index < -0.39 is 0 Å². The van der Waals surface area contributed by atoms with Crippen LogP contribution in [0.1, 0.15) is 19.8 Å². The Morgan fingerprint density at radius 1 is 1.44 bits per heavy atom. The number of anilines is 1. The van der Waals surface area contributed by atoms with Crippen LogP contribution in [0.2, 0.25) is 0 Å². The predicted octanol–water partition coefficient (Wildman–Crippen LogP) is 1.04. The van der Waals surface area contributed by atoms with Crippen molar-refractivity contribution < 1.29 is 9.47 Å². The summed E-state index contributed by atoms with van der Waals surface area (Å²) in [7, 11) is 1.67. The van der Waals surface area contributed by atoms with Crippen molar-refractivity contribution in [2.24, 2.45) is 5.73 Å². The molecule has 0 aliphatic heterocycles. The van der Waals surface area contributed by atoms with Gasteiger partial charge in [0.05, 0.1) is 19.3 Å². The van der Waals surface area contributed by atoms with Crippen molar-refractivity contribution >= 4 is 5.82 Å². The van der Waals surface area contributed by atoms with Crippen LogP contribution in [0.5, 0.6) is 5.88 Å². The zero-order chi connectivity index (χ0) is 13.2. The molecule has 0 bridgehead atoms. The van der Waals surface area contributed by atoms with Crippen molar-refractivity contribution in [1.82, 2.24) is 9.97 Å². The molecule has 3 N–H and O–H groups in total. The number of methoxy groups -OCH3 is 1. The van der Waals surface area contributed by atoms with Crippen LogP contribution in [0.15, 0.2) is 12.4 Å². The number of nitrogens with two attached hydrogens (primary N) is 1. The number of nitrogens with one attached hydrogen (secondary N) is 1. The van der Waals surface area contributed by atoms with E-state index in [1.807, 2.05) is 0 Å². The zero-order valence-corrected chi connectivity index (χ0v) is 11.1. The molecule has 6 heteroatoms. The Balaban J connectivity index is 2.58. The van der Waals surface area contributed by atoms with Crippen LogP contribution in [0.25, 0.3) is 0 Å². The van der Waals surface area contributed by atoms with Gasteiger partial charge >= 0.3 is 0 Å². The predicted molar refractivity (Wildman–Crippen MR) is 70.8 cm³/mol. The number of rotatable bonds is 9. The molecule has 0 amide bonds. The van der Waals surface area contributed by atoms with E-state index in [1.54, 1.807) is 13.2 Å². The van der Waals surface area contributed by atoms with Crippen LogP contribution in [0.3, 0.4) is 0 Å². The van der Waals surface area contributed by atoms with Crippen molar-refractivity contribution in [3.8, 4) is 5.88 Å². The molecule has 1 aromatic heterocycles. The zero-order valence-electron chi connectivity index (χ0n) is 11.1. The first-order valence-corrected chi connectivity index (χ1v) is 6.20. The van der Waals surface area contributed by atoms with Gasteiger partial charge in [-0.15, -0.1) is 0 Å². The fraction of sp³-hybridized carbons (Fsp3) is 0.667. The lowest BCUT2D eigenvalue weighted by Crippen LogP contribution is -2.28. The number of hydrogen-bond donors (Lipinski definition) is 2. The molecule has 1 heterocycles. The van der Waals surface area contributed by atoms with Crippen LogP contribution >= 0.6 is 0 Å². The number of nitrogens with zero attached hydrogens (tertiary/aromatic N) is 2. The minimum atomic E-state index is 0.147. The van der Waals surface area contributed by atoms with Crippen molar-refractivity contribution in [3.05, 3.63) is 12.4 Å². The first kappa shape index (κ1) is 14.7. The standard InChI is InChI=1S/C12H22N4O2/c1-3-6-18-12-7-11(14-9-15-12)16-10(4-5-13)8-17-2/h7,9-10H,3-6,8,13H2,1-2H3,(H,14,15,16). The maximum atomic E-state index is 5.56. The van der Waals surface area contributed by atoms with E-state index >= 15 is 0 Å². The molecule has 0 saturated carbocycles. The summed E-state index contributed by atoms with van der Waals surface area (Å²) < 4.78 is 10.6. The molecule has 0 aromatic carbocycles. The molecule has 6 nitrogen and oxygen atoms in total. The molecule has 1 atom stereocenters. The fourth-order valence-electron chi connectivity index (χ4n) is 1.51. The van der Waals surface area contributed by atoms with E-state index in [0.29, 0.717) is 25.6 Å². The maximum Gasteiger partial charge on any atom is 0.218 e. The highest BCUT2D eigenvalue weighted by Crippen LogP contribution is 2.13. The Bertz CT molecular complexity index is 330. The summed E-state index contributed by atoms with van der Waals surface area (Å²) in [5.74, 6) is 1.31. The van der Waals surface area contributed by atoms with Crippen LogP contribution in [-0.2, 0) is 4.74 Å². The lowest BCUT2D eigenvalue weighted by molar-refractivity contribution is 0.183. The summed E-state index contributed by atoms with van der Waals surface area (Å²) >= 11 is 0. The molecule has 0 aliphatic carbocycles. The monoisotopic (exact) mass is 254 g/mol. The van der Waals surface area contributed by atoms with Crippen LogP contribution < -0.4 is 15.8 Å². The second-order valence-corrected chi connectivity index (χ2v) is 3.96. The van der Waals surface area contributed by atoms with Gasteiger partial charge in [-0.05, 0) is 19.4 Å². The average molecular weight is 254 g/mol. The van der Waals surface area contributed by atoms with E-state index in [0.717, 1.165) is 18.7 Å². The highest BCUT2D eigenvalue weighted by atomic mass is 16.5. The van der Waals surface area contributed by atoms with Crippen molar-refractivity contribution in [1.29, 1.82) is 0 Å². The Morgan fingerprint density at radius 3 is 2.94 bits per heavy atom. The third-order valence-corrected chi connectivity index (χ3v) is 2.33. The Labute approximate surface area is 108 Å². The van der Waals surface area contributed by atoms with Gasteiger partial charge in [-0.2, -0.15) is 0 Å². The van der Waals surface area contributed by atoms with Crippen molar-refractivity contribution in [3.63, 3.8) is 0 Å². The second kappa shape index (κ2) is 8.66. The smallest absolute Gasteiger partial charge is 0.218 e. The number of ether oxygens (including phenoxy) is 2. The molecule has 0 fully saturated rings. The molecule has 1 rings (SSSR count). The third-order valence-electron chi connectivity index (χ3n) is 2.33. The SMILES string of the molecule is CCCOc1cc(NC(CCN)COC)ncn1. The van der Waals surface area contributed by atoms with Crippen LogP contribution in [0, 0.1) is 0 Å². The Hall–Kier alpha value is -1.40. The van der Waals surface area contributed by atoms with Crippen LogP contribution in [-0.4, -0.2) is 42.9 Å². The second-order valence-electron chi connectivity index (χ2n) is 3.96. The van der Waals surface area contributed by atoms with Gasteiger partial charge in [-0.25, -0.2) is 9.97 Å². The average Bonchev–Trinajstić information content (AvgIpc) is 2.37. The third kappa shape index (κ3) is 5.29. The molecular formula is C12H22N4O2. The maximum absolute atomic E-state index is 5.56. The number of hydrogen-bond acceptors (Lipinski definition) is 6. The highest BCUT2D eigenvalue weighted by molar-refractivity contribution is 5.38. The van der Waals surface area contributed by atoms with Gasteiger partial charge in [0.15, 0.2) is 0 Å². The molecule has 1 unspecified atom stereocenters. The Morgan fingerprint density at radius 2 is 2.28 bits per heavy atom. The molecule has 18 heavy (non-hydrogen) atoms. The fourth-order valence-corrected chi connectivity index (χ4v) is 1.51. The van der Waals surface area contributed by atoms with E-state index in [1.165, 1.54) is 6.33 Å². The quantitative estimate of drug-likeness (QED) is 0.685. The van der Waals surface area contributed by atoms with E-state index in [9.17, 15) is 0 Å². The van der Waals surface area contributed by atoms with E-state index in [4.69, 9.17) is 15.2 Å². The normalized spacial score (nSPS) is 12.2. The van der Waals surface area contributed by atoms with Gasteiger partial charge in [0.25, 0.3) is 0 Å². The molecule has 1 aromatic rings. The molecule has 0 radical (unpaired) electrons. The minimum Gasteiger partial charge on any atom is -0.478 e. The minimum absolute atomic E-state index is 0.147. The van der Waals surface area contributed by atoms with E-state index in [-0.39, 0.29) is 6.04 Å². The summed E-state index contributed by atoms with van der Waals surface area (Å²) in [4.78, 5) is 8.20. The lowest BCUT2D eigenvalue weighted by Gasteiger charge is -2.17. The first-order chi connectivity index (χ1) is 8.80. The largest absolute Gasteiger partial charge is 0.478 e. The molecule has 102 valence electrons. The summed E-state index contributed by atoms with van der Waals surface area (Å²) in [6.45, 7) is 3.90. The van der Waals surface area contributed by atoms with Crippen molar-refractivity contribution in [2.45, 2.75) is 25.8 Å². The molecule has 0 aliphatic rings. The van der Waals surface area contributed by atoms with Gasteiger partial charge in [0.1, 0.15) is 12.1 Å². The molecular weight excluding hydrogens is 232 g/mol. The number of aromatic nitrogens is 2. The first-order valence-electron chi connectivity index (χ1n) is 6.20. The van der Waals surface area contributed by atoms with Gasteiger partial charge in [0.2, 0.25) is 5.88 Å². The van der Waals surface area contributed by atoms with Gasteiger partial charge in [-0.1, -0.05) is 6.92 Å². The lowest BCUT2D eigenvalue weighted by atomic mass is 10.2. The topological polar surface area (TPSA) is 82.3 Å². The van der Waals surface area contributed by atoms with Gasteiger partial charge in [-0.3, -0.25) is 0 Å². The summed E-state index contributed by atoms with van der Waals surface area (Å²) in [5, 5.41) is 3.26. The highest BCUT2D eigenvalue weighted by Gasteiger charge is 2.08. The summed E-state index contributed by atoms with van der Waals surface area (Å²) in [6.07, 6.45) is 3.26. The van der Waals surface area contributed by atoms with E-state index in [2.05, 4.69) is 22.2 Å². The molecule has 0 spiro atoms. The Kier molecular flexibility index (Phi) is 7.05. The molecule has 0 saturated heterocycles. The summed E-state index contributed by atoms with van der Waals surface area (Å²) in [5.41, 5.74) is 5.56. The van der Waals surface area contributed by atoms with Gasteiger partial charge in [0, 0.05) is 13.2 Å².